The van der Waals surface area contributed by atoms with Crippen LogP contribution >= 0.6 is 0 Å². The van der Waals surface area contributed by atoms with Crippen LogP contribution in [0.3, 0.4) is 0 Å². The van der Waals surface area contributed by atoms with Crippen molar-refractivity contribution in [1.82, 2.24) is 10.3 Å². The highest BCUT2D eigenvalue weighted by Gasteiger charge is 2.25. The molecule has 3 aromatic rings. The van der Waals surface area contributed by atoms with Crippen LogP contribution in [0.1, 0.15) is 46.1 Å². The maximum atomic E-state index is 13.9. The number of hydrogen-bond acceptors (Lipinski definition) is 3. The first-order valence-corrected chi connectivity index (χ1v) is 8.06. The molecule has 4 nitrogen and oxygen atoms in total. The molecule has 1 aromatic carbocycles. The number of carbonyl (C=O) groups excluding carboxylic acids is 1. The standard InChI is InChI=1S/C19H17FN2O2/c1-11-13-5-3-6-15(20)18(13)24-17(11)19(23)22-16-7-2-4-12-10-21-9-8-14(12)16/h3,5-6,8-10,16H,2,4,7H2,1H3,(H,22,23). The Kier molecular flexibility index (Phi) is 3.56. The topological polar surface area (TPSA) is 55.1 Å². The van der Waals surface area contributed by atoms with Crippen LogP contribution in [-0.2, 0) is 6.42 Å². The minimum absolute atomic E-state index is 0.0679. The van der Waals surface area contributed by atoms with Gasteiger partial charge in [0, 0.05) is 23.3 Å². The number of amides is 1. The van der Waals surface area contributed by atoms with Gasteiger partial charge in [0.25, 0.3) is 5.91 Å². The van der Waals surface area contributed by atoms with Gasteiger partial charge < -0.3 is 9.73 Å². The molecule has 0 saturated heterocycles. The second-order valence-corrected chi connectivity index (χ2v) is 6.17. The minimum atomic E-state index is -0.455. The van der Waals surface area contributed by atoms with Crippen molar-refractivity contribution in [1.29, 1.82) is 0 Å². The van der Waals surface area contributed by atoms with Crippen molar-refractivity contribution in [2.75, 3.05) is 0 Å². The summed E-state index contributed by atoms with van der Waals surface area (Å²) in [5.74, 6) is -0.585. The Morgan fingerprint density at radius 2 is 2.25 bits per heavy atom. The number of furan rings is 1. The normalized spacial score (nSPS) is 16.8. The third-order valence-corrected chi connectivity index (χ3v) is 4.68. The molecule has 2 heterocycles. The lowest BCUT2D eigenvalue weighted by molar-refractivity contribution is 0.0905. The average molecular weight is 324 g/mol. The SMILES string of the molecule is Cc1c(C(=O)NC2CCCc3cnccc32)oc2c(F)cccc12. The molecule has 1 amide bonds. The summed E-state index contributed by atoms with van der Waals surface area (Å²) in [5.41, 5.74) is 3.06. The molecule has 5 heteroatoms. The molecule has 1 atom stereocenters. The Labute approximate surface area is 138 Å². The third-order valence-electron chi connectivity index (χ3n) is 4.68. The first-order valence-electron chi connectivity index (χ1n) is 8.06. The smallest absolute Gasteiger partial charge is 0.287 e. The molecule has 0 fully saturated rings. The number of pyridine rings is 1. The number of hydrogen-bond donors (Lipinski definition) is 1. The maximum Gasteiger partial charge on any atom is 0.287 e. The zero-order chi connectivity index (χ0) is 16.7. The number of para-hydroxylation sites is 1. The van der Waals surface area contributed by atoms with Crippen molar-refractivity contribution in [2.24, 2.45) is 0 Å². The lowest BCUT2D eigenvalue weighted by atomic mass is 9.89. The fourth-order valence-corrected chi connectivity index (χ4v) is 3.44. The summed E-state index contributed by atoms with van der Waals surface area (Å²) in [6.45, 7) is 1.78. The third kappa shape index (κ3) is 2.37. The zero-order valence-electron chi connectivity index (χ0n) is 13.3. The van der Waals surface area contributed by atoms with E-state index in [1.165, 1.54) is 11.6 Å². The van der Waals surface area contributed by atoms with E-state index in [2.05, 4.69) is 10.3 Å². The van der Waals surface area contributed by atoms with E-state index in [1.54, 1.807) is 25.3 Å². The van der Waals surface area contributed by atoms with E-state index in [-0.39, 0.29) is 23.3 Å². The Hall–Kier alpha value is -2.69. The molecule has 122 valence electrons. The van der Waals surface area contributed by atoms with Crippen LogP contribution in [-0.4, -0.2) is 10.9 Å². The summed E-state index contributed by atoms with van der Waals surface area (Å²) in [7, 11) is 0. The van der Waals surface area contributed by atoms with E-state index in [4.69, 9.17) is 4.42 Å². The van der Waals surface area contributed by atoms with Gasteiger partial charge in [-0.25, -0.2) is 4.39 Å². The first kappa shape index (κ1) is 14.9. The fourth-order valence-electron chi connectivity index (χ4n) is 3.44. The average Bonchev–Trinajstić information content (AvgIpc) is 2.94. The van der Waals surface area contributed by atoms with Crippen LogP contribution in [0.4, 0.5) is 4.39 Å². The van der Waals surface area contributed by atoms with Gasteiger partial charge in [0.15, 0.2) is 17.2 Å². The van der Waals surface area contributed by atoms with Gasteiger partial charge in [0.2, 0.25) is 0 Å². The number of carbonyl (C=O) groups is 1. The molecule has 4 rings (SSSR count). The van der Waals surface area contributed by atoms with Crippen molar-refractivity contribution < 1.29 is 13.6 Å². The Balaban J connectivity index is 1.66. The van der Waals surface area contributed by atoms with Crippen LogP contribution in [0.2, 0.25) is 0 Å². The van der Waals surface area contributed by atoms with Crippen molar-refractivity contribution in [2.45, 2.75) is 32.2 Å². The van der Waals surface area contributed by atoms with Crippen LogP contribution in [0.15, 0.2) is 41.1 Å². The monoisotopic (exact) mass is 324 g/mol. The van der Waals surface area contributed by atoms with Gasteiger partial charge in [0.1, 0.15) is 0 Å². The van der Waals surface area contributed by atoms with Gasteiger partial charge in [-0.15, -0.1) is 0 Å². The van der Waals surface area contributed by atoms with Crippen LogP contribution in [0.5, 0.6) is 0 Å². The van der Waals surface area contributed by atoms with Gasteiger partial charge in [-0.1, -0.05) is 12.1 Å². The number of nitrogens with one attached hydrogen (secondary N) is 1. The van der Waals surface area contributed by atoms with E-state index in [0.717, 1.165) is 24.8 Å². The van der Waals surface area contributed by atoms with E-state index < -0.39 is 5.82 Å². The summed E-state index contributed by atoms with van der Waals surface area (Å²) >= 11 is 0. The van der Waals surface area contributed by atoms with Crippen LogP contribution < -0.4 is 5.32 Å². The minimum Gasteiger partial charge on any atom is -0.448 e. The fraction of sp³-hybridized carbons (Fsp3) is 0.263. The van der Waals surface area contributed by atoms with Crippen molar-refractivity contribution in [3.8, 4) is 0 Å². The van der Waals surface area contributed by atoms with Gasteiger partial charge in [-0.2, -0.15) is 0 Å². The lowest BCUT2D eigenvalue weighted by Gasteiger charge is -2.25. The molecule has 0 radical (unpaired) electrons. The molecule has 1 aliphatic carbocycles. The molecule has 0 aliphatic heterocycles. The van der Waals surface area contributed by atoms with Gasteiger partial charge in [0.05, 0.1) is 6.04 Å². The molecule has 0 bridgehead atoms. The molecule has 1 N–H and O–H groups in total. The number of benzene rings is 1. The van der Waals surface area contributed by atoms with E-state index in [9.17, 15) is 9.18 Å². The lowest BCUT2D eigenvalue weighted by Crippen LogP contribution is -2.31. The van der Waals surface area contributed by atoms with Crippen LogP contribution in [0.25, 0.3) is 11.0 Å². The van der Waals surface area contributed by atoms with Crippen LogP contribution in [0, 0.1) is 12.7 Å². The summed E-state index contributed by atoms with van der Waals surface area (Å²) in [6, 6.07) is 6.59. The molecule has 0 spiro atoms. The van der Waals surface area contributed by atoms with E-state index in [1.807, 2.05) is 12.3 Å². The van der Waals surface area contributed by atoms with E-state index in [0.29, 0.717) is 10.9 Å². The second-order valence-electron chi connectivity index (χ2n) is 6.17. The van der Waals surface area contributed by atoms with Gasteiger partial charge in [-0.3, -0.25) is 9.78 Å². The second kappa shape index (κ2) is 5.74. The molecule has 1 aliphatic rings. The summed E-state index contributed by atoms with van der Waals surface area (Å²) in [5, 5.41) is 3.66. The van der Waals surface area contributed by atoms with Crippen molar-refractivity contribution in [3.05, 3.63) is 64.9 Å². The highest BCUT2D eigenvalue weighted by Crippen LogP contribution is 2.31. The summed E-state index contributed by atoms with van der Waals surface area (Å²) < 4.78 is 19.4. The van der Waals surface area contributed by atoms with Gasteiger partial charge >= 0.3 is 0 Å². The molecular formula is C19H17FN2O2. The number of nitrogens with zero attached hydrogens (tertiary/aromatic N) is 1. The highest BCUT2D eigenvalue weighted by atomic mass is 19.1. The van der Waals surface area contributed by atoms with Gasteiger partial charge in [-0.05, 0) is 49.4 Å². The Morgan fingerprint density at radius 1 is 1.38 bits per heavy atom. The van der Waals surface area contributed by atoms with Crippen molar-refractivity contribution >= 4 is 16.9 Å². The number of aromatic nitrogens is 1. The number of fused-ring (bicyclic) bond motifs is 2. The first-order chi connectivity index (χ1) is 11.6. The number of halogens is 1. The molecule has 1 unspecified atom stereocenters. The predicted molar refractivity (Wildman–Crippen MR) is 88.3 cm³/mol. The summed E-state index contributed by atoms with van der Waals surface area (Å²) in [6.07, 6.45) is 6.44. The molecular weight excluding hydrogens is 307 g/mol. The Bertz CT molecular complexity index is 932. The molecule has 0 saturated carbocycles. The summed E-state index contributed by atoms with van der Waals surface area (Å²) in [4.78, 5) is 16.8. The quantitative estimate of drug-likeness (QED) is 0.772. The number of rotatable bonds is 2. The largest absolute Gasteiger partial charge is 0.448 e. The van der Waals surface area contributed by atoms with Crippen molar-refractivity contribution in [3.63, 3.8) is 0 Å². The Morgan fingerprint density at radius 3 is 3.08 bits per heavy atom. The van der Waals surface area contributed by atoms with E-state index >= 15 is 0 Å². The number of aryl methyl sites for hydroxylation is 2. The highest BCUT2D eigenvalue weighted by molar-refractivity contribution is 5.99. The maximum absolute atomic E-state index is 13.9. The molecule has 24 heavy (non-hydrogen) atoms. The zero-order valence-corrected chi connectivity index (χ0v) is 13.3. The predicted octanol–water partition coefficient (Wildman–Crippen LogP) is 4.08. The molecule has 2 aromatic heterocycles.